The summed E-state index contributed by atoms with van der Waals surface area (Å²) < 4.78 is 5.34. The summed E-state index contributed by atoms with van der Waals surface area (Å²) in [5, 5.41) is 21.0. The molecule has 0 aliphatic rings. The lowest BCUT2D eigenvalue weighted by atomic mass is 10.1. The number of ether oxygens (including phenoxy) is 1. The van der Waals surface area contributed by atoms with E-state index in [9.17, 15) is 19.8 Å². The summed E-state index contributed by atoms with van der Waals surface area (Å²) in [6, 6.07) is 11.9. The molecule has 2 aromatic carbocycles. The first-order valence-electron chi connectivity index (χ1n) is 6.66. The van der Waals surface area contributed by atoms with Crippen molar-refractivity contribution in [3.63, 3.8) is 0 Å². The van der Waals surface area contributed by atoms with Crippen LogP contribution >= 0.6 is 15.9 Å². The molecule has 0 saturated carbocycles. The number of phenolic OH excluding ortho intramolecular Hbond substituents is 1. The molecule has 0 heterocycles. The van der Waals surface area contributed by atoms with Crippen molar-refractivity contribution < 1.29 is 24.5 Å². The number of carbonyl (C=O) groups is 2. The van der Waals surface area contributed by atoms with Crippen LogP contribution in [0.15, 0.2) is 53.0 Å². The third-order valence-electron chi connectivity index (χ3n) is 3.03. The molecule has 0 spiro atoms. The van der Waals surface area contributed by atoms with Gasteiger partial charge in [-0.3, -0.25) is 0 Å². The predicted molar refractivity (Wildman–Crippen MR) is 85.9 cm³/mol. The van der Waals surface area contributed by atoms with Crippen LogP contribution in [0.5, 0.6) is 5.75 Å². The average molecular weight is 380 g/mol. The third kappa shape index (κ3) is 4.72. The number of aliphatic carboxylic acids is 1. The van der Waals surface area contributed by atoms with Crippen LogP contribution in [-0.4, -0.2) is 22.3 Å². The number of benzene rings is 2. The van der Waals surface area contributed by atoms with Crippen molar-refractivity contribution in [1.29, 1.82) is 0 Å². The summed E-state index contributed by atoms with van der Waals surface area (Å²) in [4.78, 5) is 23.2. The molecule has 6 nitrogen and oxygen atoms in total. The maximum atomic E-state index is 11.8. The van der Waals surface area contributed by atoms with Gasteiger partial charge in [0, 0.05) is 0 Å². The number of amides is 1. The molecule has 2 aromatic rings. The zero-order chi connectivity index (χ0) is 16.8. The fraction of sp³-hybridized carbons (Fsp3) is 0.125. The lowest BCUT2D eigenvalue weighted by Gasteiger charge is -2.15. The Bertz CT molecular complexity index is 705. The van der Waals surface area contributed by atoms with Crippen LogP contribution in [0.4, 0.5) is 4.79 Å². The van der Waals surface area contributed by atoms with E-state index in [-0.39, 0.29) is 12.4 Å². The van der Waals surface area contributed by atoms with Gasteiger partial charge < -0.3 is 20.3 Å². The molecule has 0 bridgehead atoms. The molecule has 3 N–H and O–H groups in total. The van der Waals surface area contributed by atoms with Gasteiger partial charge in [0.05, 0.1) is 4.47 Å². The summed E-state index contributed by atoms with van der Waals surface area (Å²) >= 11 is 3.10. The van der Waals surface area contributed by atoms with Crippen LogP contribution in [0.3, 0.4) is 0 Å². The van der Waals surface area contributed by atoms with Crippen LogP contribution in [-0.2, 0) is 16.1 Å². The Hall–Kier alpha value is -2.54. The van der Waals surface area contributed by atoms with E-state index in [1.807, 2.05) is 18.2 Å². The molecule has 0 aromatic heterocycles. The van der Waals surface area contributed by atoms with Gasteiger partial charge in [-0.1, -0.05) is 36.4 Å². The van der Waals surface area contributed by atoms with Gasteiger partial charge in [0.2, 0.25) is 0 Å². The van der Waals surface area contributed by atoms with E-state index in [1.165, 1.54) is 18.2 Å². The van der Waals surface area contributed by atoms with E-state index in [0.717, 1.165) is 5.56 Å². The summed E-state index contributed by atoms with van der Waals surface area (Å²) in [6.45, 7) is 0.0400. The molecule has 0 fully saturated rings. The van der Waals surface area contributed by atoms with E-state index in [4.69, 9.17) is 4.74 Å². The molecule has 0 saturated heterocycles. The smallest absolute Gasteiger partial charge is 0.408 e. The lowest BCUT2D eigenvalue weighted by Crippen LogP contribution is -2.34. The molecule has 1 atom stereocenters. The highest BCUT2D eigenvalue weighted by molar-refractivity contribution is 9.10. The van der Waals surface area contributed by atoms with E-state index < -0.39 is 18.1 Å². The number of phenols is 1. The van der Waals surface area contributed by atoms with E-state index in [0.29, 0.717) is 10.0 Å². The zero-order valence-corrected chi connectivity index (χ0v) is 13.5. The van der Waals surface area contributed by atoms with Crippen molar-refractivity contribution in [2.24, 2.45) is 0 Å². The van der Waals surface area contributed by atoms with E-state index >= 15 is 0 Å². The summed E-state index contributed by atoms with van der Waals surface area (Å²) in [6.07, 6.45) is -0.842. The Kier molecular flexibility index (Phi) is 5.59. The topological polar surface area (TPSA) is 95.9 Å². The Morgan fingerprint density at radius 2 is 1.87 bits per heavy atom. The molecule has 23 heavy (non-hydrogen) atoms. The highest BCUT2D eigenvalue weighted by atomic mass is 79.9. The van der Waals surface area contributed by atoms with Crippen LogP contribution in [0.1, 0.15) is 17.2 Å². The number of hydrogen-bond acceptors (Lipinski definition) is 4. The molecule has 1 amide bonds. The summed E-state index contributed by atoms with van der Waals surface area (Å²) in [5.41, 5.74) is 1.10. The monoisotopic (exact) mass is 379 g/mol. The largest absolute Gasteiger partial charge is 0.507 e. The molecular weight excluding hydrogens is 366 g/mol. The predicted octanol–water partition coefficient (Wildman–Crippen LogP) is 3.21. The normalized spacial score (nSPS) is 11.5. The minimum Gasteiger partial charge on any atom is -0.507 e. The Balaban J connectivity index is 2.02. The molecule has 0 aliphatic carbocycles. The van der Waals surface area contributed by atoms with E-state index in [2.05, 4.69) is 21.2 Å². The summed E-state index contributed by atoms with van der Waals surface area (Å²) in [5.74, 6) is -1.26. The second-order valence-corrected chi connectivity index (χ2v) is 5.54. The highest BCUT2D eigenvalue weighted by Gasteiger charge is 2.23. The second-order valence-electron chi connectivity index (χ2n) is 4.69. The van der Waals surface area contributed by atoms with Gasteiger partial charge in [0.25, 0.3) is 0 Å². The highest BCUT2D eigenvalue weighted by Crippen LogP contribution is 2.27. The second kappa shape index (κ2) is 7.64. The van der Waals surface area contributed by atoms with Gasteiger partial charge in [-0.15, -0.1) is 0 Å². The molecule has 7 heteroatoms. The molecule has 0 aliphatic heterocycles. The minimum absolute atomic E-state index is 0.0236. The number of aromatic hydroxyl groups is 1. The third-order valence-corrected chi connectivity index (χ3v) is 3.66. The van der Waals surface area contributed by atoms with Gasteiger partial charge in [-0.2, -0.15) is 0 Å². The van der Waals surface area contributed by atoms with Crippen LogP contribution in [0.25, 0.3) is 0 Å². The minimum atomic E-state index is -1.28. The Morgan fingerprint density at radius 1 is 1.17 bits per heavy atom. The average Bonchev–Trinajstić information content (AvgIpc) is 2.54. The molecule has 120 valence electrons. The van der Waals surface area contributed by atoms with Crippen molar-refractivity contribution in [3.05, 3.63) is 64.1 Å². The Labute approximate surface area is 140 Å². The first-order valence-corrected chi connectivity index (χ1v) is 7.45. The SMILES string of the molecule is O=C(NC(C(=O)O)c1ccc(O)c(Br)c1)OCc1ccccc1. The molecule has 1 unspecified atom stereocenters. The fourth-order valence-corrected chi connectivity index (χ4v) is 2.27. The quantitative estimate of drug-likeness (QED) is 0.741. The molecular formula is C16H14BrNO5. The van der Waals surface area contributed by atoms with Gasteiger partial charge in [0.1, 0.15) is 12.4 Å². The number of halogens is 1. The van der Waals surface area contributed by atoms with Crippen molar-refractivity contribution in [1.82, 2.24) is 5.32 Å². The molecule has 0 radical (unpaired) electrons. The van der Waals surface area contributed by atoms with Crippen molar-refractivity contribution in [3.8, 4) is 5.75 Å². The van der Waals surface area contributed by atoms with Gasteiger partial charge in [-0.25, -0.2) is 9.59 Å². The van der Waals surface area contributed by atoms with Gasteiger partial charge in [0.15, 0.2) is 6.04 Å². The number of hydrogen-bond donors (Lipinski definition) is 3. The molecule has 2 rings (SSSR count). The van der Waals surface area contributed by atoms with Gasteiger partial charge >= 0.3 is 12.1 Å². The van der Waals surface area contributed by atoms with Crippen LogP contribution in [0.2, 0.25) is 0 Å². The maximum absolute atomic E-state index is 11.8. The number of carboxylic acid groups (broad SMARTS) is 1. The maximum Gasteiger partial charge on any atom is 0.408 e. The Morgan fingerprint density at radius 3 is 2.48 bits per heavy atom. The van der Waals surface area contributed by atoms with Crippen molar-refractivity contribution in [2.75, 3.05) is 0 Å². The number of nitrogens with one attached hydrogen (secondary N) is 1. The number of rotatable bonds is 5. The lowest BCUT2D eigenvalue weighted by molar-refractivity contribution is -0.139. The number of carbonyl (C=O) groups excluding carboxylic acids is 1. The van der Waals surface area contributed by atoms with Crippen LogP contribution in [0, 0.1) is 0 Å². The number of alkyl carbamates (subject to hydrolysis) is 1. The zero-order valence-electron chi connectivity index (χ0n) is 11.9. The van der Waals surface area contributed by atoms with Crippen molar-refractivity contribution >= 4 is 28.0 Å². The van der Waals surface area contributed by atoms with Gasteiger partial charge in [-0.05, 0) is 39.2 Å². The first-order chi connectivity index (χ1) is 11.0. The fourth-order valence-electron chi connectivity index (χ4n) is 1.87. The van der Waals surface area contributed by atoms with Crippen LogP contribution < -0.4 is 5.32 Å². The first kappa shape index (κ1) is 16.8. The standard InChI is InChI=1S/C16H14BrNO5/c17-12-8-11(6-7-13(12)19)14(15(20)21)18-16(22)23-9-10-4-2-1-3-5-10/h1-8,14,19H,9H2,(H,18,22)(H,20,21). The van der Waals surface area contributed by atoms with Crippen molar-refractivity contribution in [2.45, 2.75) is 12.6 Å². The number of carboxylic acids is 1. The van der Waals surface area contributed by atoms with E-state index in [1.54, 1.807) is 12.1 Å². The summed E-state index contributed by atoms with van der Waals surface area (Å²) in [7, 11) is 0.